The summed E-state index contributed by atoms with van der Waals surface area (Å²) < 4.78 is 0.942. The molecule has 8 heteroatoms. The summed E-state index contributed by atoms with van der Waals surface area (Å²) in [6.07, 6.45) is 9.66. The molecule has 32 heavy (non-hydrogen) atoms. The largest absolute Gasteiger partial charge is 0.343 e. The minimum Gasteiger partial charge on any atom is -0.343 e. The number of aromatic nitrogens is 1. The second kappa shape index (κ2) is 12.7. The molecule has 1 aliphatic carbocycles. The van der Waals surface area contributed by atoms with Gasteiger partial charge in [0.2, 0.25) is 11.8 Å². The monoisotopic (exact) mass is 491 g/mol. The van der Waals surface area contributed by atoms with Crippen molar-refractivity contribution in [3.63, 3.8) is 0 Å². The van der Waals surface area contributed by atoms with E-state index in [1.165, 1.54) is 53.7 Å². The lowest BCUT2D eigenvalue weighted by atomic mass is 9.87. The molecule has 0 radical (unpaired) electrons. The highest BCUT2D eigenvalue weighted by molar-refractivity contribution is 8.01. The number of thiazole rings is 1. The van der Waals surface area contributed by atoms with Gasteiger partial charge in [-0.2, -0.15) is 0 Å². The molecule has 1 aromatic heterocycles. The highest BCUT2D eigenvalue weighted by Gasteiger charge is 2.27. The lowest BCUT2D eigenvalue weighted by Crippen LogP contribution is -2.31. The zero-order valence-corrected chi connectivity index (χ0v) is 21.6. The maximum atomic E-state index is 13.3. The first-order valence-electron chi connectivity index (χ1n) is 11.3. The van der Waals surface area contributed by atoms with Crippen LogP contribution < -0.4 is 5.32 Å². The highest BCUT2D eigenvalue weighted by atomic mass is 32.2. The predicted molar refractivity (Wildman–Crippen MR) is 137 cm³/mol. The van der Waals surface area contributed by atoms with E-state index in [2.05, 4.69) is 40.8 Å². The average molecular weight is 492 g/mol. The van der Waals surface area contributed by atoms with Crippen molar-refractivity contribution >= 4 is 51.8 Å². The summed E-state index contributed by atoms with van der Waals surface area (Å²) in [5, 5.41) is 3.65. The molecule has 0 bridgehead atoms. The first kappa shape index (κ1) is 25.1. The Balaban J connectivity index is 1.64. The fourth-order valence-corrected chi connectivity index (χ4v) is 6.37. The van der Waals surface area contributed by atoms with Crippen LogP contribution in [0.2, 0.25) is 0 Å². The van der Waals surface area contributed by atoms with Crippen molar-refractivity contribution in [2.24, 2.45) is 5.92 Å². The van der Waals surface area contributed by atoms with E-state index in [-0.39, 0.29) is 17.7 Å². The smallest absolute Gasteiger partial charge is 0.233 e. The molecule has 174 valence electrons. The number of hydrogen-bond acceptors (Lipinski definition) is 6. The number of carbonyl (C=O) groups excluding carboxylic acids is 2. The third-order valence-corrected chi connectivity index (χ3v) is 8.88. The number of amides is 2. The molecule has 1 atom stereocenters. The van der Waals surface area contributed by atoms with E-state index in [9.17, 15) is 9.59 Å². The number of anilines is 1. The number of nitrogens with one attached hydrogen (secondary N) is 1. The summed E-state index contributed by atoms with van der Waals surface area (Å²) >= 11 is 4.63. The van der Waals surface area contributed by atoms with Gasteiger partial charge < -0.3 is 10.2 Å². The molecule has 1 fully saturated rings. The van der Waals surface area contributed by atoms with Crippen LogP contribution in [0.15, 0.2) is 39.6 Å². The first-order valence-corrected chi connectivity index (χ1v) is 14.4. The third-order valence-electron chi connectivity index (χ3n) is 6.05. The zero-order chi connectivity index (χ0) is 22.9. The van der Waals surface area contributed by atoms with Gasteiger partial charge in [-0.05, 0) is 50.1 Å². The standard InChI is InChI=1S/C24H33N3O2S3/c1-4-27(5-2)21(28)16-31-22-15-25-24(32-22)26-23(29)20(14-17-8-6-7-9-17)18-10-12-19(30-3)13-11-18/h10-13,15,17,20H,4-9,14,16H2,1-3H3,(H,25,26,29). The number of hydrogen-bond donors (Lipinski definition) is 1. The molecule has 1 saturated carbocycles. The van der Waals surface area contributed by atoms with Gasteiger partial charge in [0, 0.05) is 18.0 Å². The number of carbonyl (C=O) groups is 2. The topological polar surface area (TPSA) is 62.3 Å². The number of thioether (sulfide) groups is 2. The Labute approximate surface area is 204 Å². The second-order valence-corrected chi connectivity index (χ2v) is 11.2. The van der Waals surface area contributed by atoms with E-state index in [0.717, 1.165) is 29.3 Å². The van der Waals surface area contributed by atoms with Gasteiger partial charge in [0.15, 0.2) is 5.13 Å². The molecule has 0 saturated heterocycles. The normalized spacial score (nSPS) is 15.0. The molecular formula is C24H33N3O2S3. The second-order valence-electron chi connectivity index (χ2n) is 8.04. The lowest BCUT2D eigenvalue weighted by Gasteiger charge is -2.20. The summed E-state index contributed by atoms with van der Waals surface area (Å²) in [5.74, 6) is 0.976. The SMILES string of the molecule is CCN(CC)C(=O)CSc1cnc(NC(=O)C(CC2CCCC2)c2ccc(SC)cc2)s1. The van der Waals surface area contributed by atoms with Gasteiger partial charge in [-0.25, -0.2) is 4.98 Å². The van der Waals surface area contributed by atoms with Crippen molar-refractivity contribution < 1.29 is 9.59 Å². The Hall–Kier alpha value is -1.51. The quantitative estimate of drug-likeness (QED) is 0.383. The van der Waals surface area contributed by atoms with Crippen LogP contribution in [0.5, 0.6) is 0 Å². The van der Waals surface area contributed by atoms with Crippen LogP contribution in [0.3, 0.4) is 0 Å². The van der Waals surface area contributed by atoms with E-state index >= 15 is 0 Å². The Kier molecular flexibility index (Phi) is 9.93. The van der Waals surface area contributed by atoms with Crippen molar-refractivity contribution in [1.29, 1.82) is 0 Å². The van der Waals surface area contributed by atoms with Crippen molar-refractivity contribution in [2.45, 2.75) is 61.0 Å². The molecule has 1 aromatic carbocycles. The molecule has 3 rings (SSSR count). The fraction of sp³-hybridized carbons (Fsp3) is 0.542. The van der Waals surface area contributed by atoms with E-state index in [4.69, 9.17) is 0 Å². The minimum absolute atomic E-state index is 0.0129. The van der Waals surface area contributed by atoms with Gasteiger partial charge in [0.05, 0.1) is 22.1 Å². The van der Waals surface area contributed by atoms with Crippen LogP contribution in [-0.4, -0.2) is 46.8 Å². The number of nitrogens with zero attached hydrogens (tertiary/aromatic N) is 2. The maximum Gasteiger partial charge on any atom is 0.233 e. The number of rotatable bonds is 11. The molecule has 1 aliphatic rings. The van der Waals surface area contributed by atoms with E-state index in [1.54, 1.807) is 18.0 Å². The van der Waals surface area contributed by atoms with Crippen LogP contribution >= 0.6 is 34.9 Å². The van der Waals surface area contributed by atoms with Crippen molar-refractivity contribution in [1.82, 2.24) is 9.88 Å². The van der Waals surface area contributed by atoms with Crippen LogP contribution in [0.25, 0.3) is 0 Å². The summed E-state index contributed by atoms with van der Waals surface area (Å²) in [4.78, 5) is 32.9. The average Bonchev–Trinajstić information content (AvgIpc) is 3.49. The van der Waals surface area contributed by atoms with Crippen LogP contribution in [0.1, 0.15) is 57.4 Å². The van der Waals surface area contributed by atoms with E-state index in [0.29, 0.717) is 16.8 Å². The number of benzene rings is 1. The molecule has 2 aromatic rings. The van der Waals surface area contributed by atoms with Gasteiger partial charge in [-0.1, -0.05) is 49.2 Å². The highest BCUT2D eigenvalue weighted by Crippen LogP contribution is 2.36. The Morgan fingerprint density at radius 2 is 1.88 bits per heavy atom. The van der Waals surface area contributed by atoms with Gasteiger partial charge in [0.25, 0.3) is 0 Å². The summed E-state index contributed by atoms with van der Waals surface area (Å²) in [5.41, 5.74) is 1.07. The molecular weight excluding hydrogens is 458 g/mol. The predicted octanol–water partition coefficient (Wildman–Crippen LogP) is 6.13. The van der Waals surface area contributed by atoms with Crippen molar-refractivity contribution in [3.8, 4) is 0 Å². The summed E-state index contributed by atoms with van der Waals surface area (Å²) in [7, 11) is 0. The Bertz CT molecular complexity index is 875. The molecule has 0 spiro atoms. The summed E-state index contributed by atoms with van der Waals surface area (Å²) in [6, 6.07) is 8.37. The van der Waals surface area contributed by atoms with E-state index < -0.39 is 0 Å². The van der Waals surface area contributed by atoms with Gasteiger partial charge >= 0.3 is 0 Å². The van der Waals surface area contributed by atoms with Gasteiger partial charge in [-0.15, -0.1) is 23.5 Å². The molecule has 0 aliphatic heterocycles. The molecule has 5 nitrogen and oxygen atoms in total. The molecule has 1 unspecified atom stereocenters. The molecule has 2 amide bonds. The third kappa shape index (κ3) is 6.99. The van der Waals surface area contributed by atoms with Gasteiger partial charge in [-0.3, -0.25) is 9.59 Å². The zero-order valence-electron chi connectivity index (χ0n) is 19.1. The maximum absolute atomic E-state index is 13.3. The first-order chi connectivity index (χ1) is 15.5. The van der Waals surface area contributed by atoms with Gasteiger partial charge in [0.1, 0.15) is 0 Å². The molecule has 1 N–H and O–H groups in total. The van der Waals surface area contributed by atoms with Crippen molar-refractivity contribution in [2.75, 3.05) is 30.4 Å². The molecule has 1 heterocycles. The summed E-state index contributed by atoms with van der Waals surface area (Å²) in [6.45, 7) is 5.42. The lowest BCUT2D eigenvalue weighted by molar-refractivity contribution is -0.128. The fourth-order valence-electron chi connectivity index (χ4n) is 4.19. The van der Waals surface area contributed by atoms with Crippen molar-refractivity contribution in [3.05, 3.63) is 36.0 Å². The Morgan fingerprint density at radius 1 is 1.19 bits per heavy atom. The minimum atomic E-state index is -0.168. The van der Waals surface area contributed by atoms with Crippen LogP contribution in [0.4, 0.5) is 5.13 Å². The van der Waals surface area contributed by atoms with Crippen LogP contribution in [-0.2, 0) is 9.59 Å². The Morgan fingerprint density at radius 3 is 2.50 bits per heavy atom. The van der Waals surface area contributed by atoms with E-state index in [1.807, 2.05) is 18.7 Å². The van der Waals surface area contributed by atoms with Crippen LogP contribution in [0, 0.1) is 5.92 Å².